The monoisotopic (exact) mass is 452 g/mol. The number of ether oxygens (including phenoxy) is 1. The molecule has 0 aromatic heterocycles. The van der Waals surface area contributed by atoms with Crippen LogP contribution in [0.5, 0.6) is 5.75 Å². The van der Waals surface area contributed by atoms with Gasteiger partial charge in [-0.05, 0) is 59.7 Å². The van der Waals surface area contributed by atoms with E-state index in [1.54, 1.807) is 18.2 Å². The van der Waals surface area contributed by atoms with Gasteiger partial charge in [-0.3, -0.25) is 4.79 Å². The Kier molecular flexibility index (Phi) is 5.68. The summed E-state index contributed by atoms with van der Waals surface area (Å²) in [4.78, 5) is 13.1. The molecule has 1 amide bonds. The van der Waals surface area contributed by atoms with Crippen molar-refractivity contribution < 1.29 is 9.53 Å². The summed E-state index contributed by atoms with van der Waals surface area (Å²) in [7, 11) is 0. The van der Waals surface area contributed by atoms with Crippen LogP contribution in [0.2, 0.25) is 5.02 Å². The first kappa shape index (κ1) is 21.0. The predicted octanol–water partition coefficient (Wildman–Crippen LogP) is 6.88. The van der Waals surface area contributed by atoms with E-state index >= 15 is 0 Å². The highest BCUT2D eigenvalue weighted by Gasteiger charge is 2.28. The number of carbonyl (C=O) groups is 1. The molecule has 4 nitrogen and oxygen atoms in total. The van der Waals surface area contributed by atoms with Crippen LogP contribution in [0, 0.1) is 0 Å². The fraction of sp³-hybridized carbons (Fsp3) is 0.0714. The van der Waals surface area contributed by atoms with Crippen LogP contribution in [0.4, 0.5) is 5.69 Å². The number of fused-ring (bicyclic) bond motifs is 1. The zero-order valence-corrected chi connectivity index (χ0v) is 18.8. The number of anilines is 1. The third-order valence-electron chi connectivity index (χ3n) is 5.60. The third kappa shape index (κ3) is 4.26. The van der Waals surface area contributed by atoms with Crippen LogP contribution in [0.3, 0.4) is 0 Å². The van der Waals surface area contributed by atoms with Crippen LogP contribution < -0.4 is 9.75 Å². The Hall–Kier alpha value is -3.89. The molecule has 0 saturated heterocycles. The lowest BCUT2D eigenvalue weighted by molar-refractivity contribution is -0.114. The number of carbonyl (C=O) groups excluding carboxylic acids is 1. The van der Waals surface area contributed by atoms with Crippen LogP contribution in [0.1, 0.15) is 18.1 Å². The van der Waals surface area contributed by atoms with Gasteiger partial charge in [0.1, 0.15) is 12.4 Å². The maximum absolute atomic E-state index is 13.1. The Labute approximate surface area is 197 Å². The number of hydrogen-bond acceptors (Lipinski definition) is 3. The van der Waals surface area contributed by atoms with E-state index in [0.717, 1.165) is 22.2 Å². The highest BCUT2D eigenvalue weighted by Crippen LogP contribution is 2.30. The van der Waals surface area contributed by atoms with Gasteiger partial charge in [0.25, 0.3) is 5.91 Å². The molecule has 0 N–H and O–H groups in total. The number of hydrogen-bond donors (Lipinski definition) is 0. The molecule has 0 aliphatic carbocycles. The number of nitrogens with zero attached hydrogens (tertiary/aromatic N) is 2. The highest BCUT2D eigenvalue weighted by atomic mass is 35.5. The van der Waals surface area contributed by atoms with E-state index in [-0.39, 0.29) is 5.91 Å². The number of benzene rings is 4. The molecular formula is C28H21ClN2O2. The summed E-state index contributed by atoms with van der Waals surface area (Å²) < 4.78 is 6.21. The molecule has 0 spiro atoms. The largest absolute Gasteiger partial charge is 0.488 e. The average Bonchev–Trinajstić information content (AvgIpc) is 3.12. The third-order valence-corrected chi connectivity index (χ3v) is 5.83. The number of hydrazone groups is 1. The first-order chi connectivity index (χ1) is 16.1. The van der Waals surface area contributed by atoms with Crippen LogP contribution in [0.25, 0.3) is 16.8 Å². The second kappa shape index (κ2) is 8.93. The molecule has 0 bridgehead atoms. The van der Waals surface area contributed by atoms with Crippen molar-refractivity contribution in [2.45, 2.75) is 13.5 Å². The molecule has 0 saturated carbocycles. The van der Waals surface area contributed by atoms with Gasteiger partial charge < -0.3 is 4.74 Å². The topological polar surface area (TPSA) is 41.9 Å². The molecular weight excluding hydrogens is 432 g/mol. The highest BCUT2D eigenvalue weighted by molar-refractivity contribution is 6.33. The van der Waals surface area contributed by atoms with E-state index in [1.807, 2.05) is 61.5 Å². The van der Waals surface area contributed by atoms with Gasteiger partial charge in [-0.1, -0.05) is 72.3 Å². The van der Waals surface area contributed by atoms with Gasteiger partial charge in [-0.2, -0.15) is 10.1 Å². The Balaban J connectivity index is 1.45. The number of halogens is 1. The van der Waals surface area contributed by atoms with Gasteiger partial charge in [0.05, 0.1) is 17.0 Å². The van der Waals surface area contributed by atoms with Gasteiger partial charge in [0, 0.05) is 10.6 Å². The van der Waals surface area contributed by atoms with Crippen LogP contribution in [0.15, 0.2) is 102 Å². The minimum atomic E-state index is -0.182. The molecule has 1 aliphatic rings. The average molecular weight is 453 g/mol. The van der Waals surface area contributed by atoms with E-state index in [0.29, 0.717) is 28.7 Å². The van der Waals surface area contributed by atoms with Gasteiger partial charge in [0.15, 0.2) is 0 Å². The molecule has 5 rings (SSSR count). The zero-order chi connectivity index (χ0) is 22.8. The molecule has 0 fully saturated rings. The standard InChI is InChI=1S/C28H21ClN2O2/c1-19-26(28(32)31(30-19)24-11-3-2-4-12-24)17-22-16-23(29)14-15-27(22)33-18-21-10-7-9-20-8-5-6-13-25(20)21/h2-17H,18H2,1H3/b26-17+. The number of rotatable bonds is 5. The number of amides is 1. The van der Waals surface area contributed by atoms with Crippen molar-refractivity contribution >= 4 is 45.8 Å². The Bertz CT molecular complexity index is 1400. The second-order valence-electron chi connectivity index (χ2n) is 7.81. The minimum Gasteiger partial charge on any atom is -0.488 e. The van der Waals surface area contributed by atoms with Crippen LogP contribution >= 0.6 is 11.6 Å². The molecule has 33 heavy (non-hydrogen) atoms. The smallest absolute Gasteiger partial charge is 0.280 e. The summed E-state index contributed by atoms with van der Waals surface area (Å²) in [5.41, 5.74) is 3.70. The first-order valence-corrected chi connectivity index (χ1v) is 11.0. The zero-order valence-electron chi connectivity index (χ0n) is 18.0. The van der Waals surface area contributed by atoms with E-state index in [9.17, 15) is 4.79 Å². The molecule has 1 aliphatic heterocycles. The Morgan fingerprint density at radius 1 is 0.939 bits per heavy atom. The molecule has 4 aromatic carbocycles. The maximum Gasteiger partial charge on any atom is 0.280 e. The normalized spacial score (nSPS) is 14.7. The van der Waals surface area contributed by atoms with Crippen LogP contribution in [-0.2, 0) is 11.4 Å². The second-order valence-corrected chi connectivity index (χ2v) is 8.24. The van der Waals surface area contributed by atoms with Crippen molar-refractivity contribution in [3.8, 4) is 5.75 Å². The van der Waals surface area contributed by atoms with Crippen LogP contribution in [-0.4, -0.2) is 11.6 Å². The fourth-order valence-corrected chi connectivity index (χ4v) is 4.10. The summed E-state index contributed by atoms with van der Waals surface area (Å²) in [5.74, 6) is 0.470. The Morgan fingerprint density at radius 3 is 2.55 bits per heavy atom. The Morgan fingerprint density at radius 2 is 1.70 bits per heavy atom. The molecule has 0 radical (unpaired) electrons. The predicted molar refractivity (Wildman–Crippen MR) is 135 cm³/mol. The van der Waals surface area contributed by atoms with E-state index in [4.69, 9.17) is 16.3 Å². The van der Waals surface area contributed by atoms with Crippen molar-refractivity contribution in [3.63, 3.8) is 0 Å². The molecule has 0 unspecified atom stereocenters. The summed E-state index contributed by atoms with van der Waals surface area (Å²) >= 11 is 6.28. The minimum absolute atomic E-state index is 0.182. The molecule has 1 heterocycles. The maximum atomic E-state index is 13.1. The van der Waals surface area contributed by atoms with Gasteiger partial charge >= 0.3 is 0 Å². The van der Waals surface area contributed by atoms with Crippen molar-refractivity contribution in [1.82, 2.24) is 0 Å². The summed E-state index contributed by atoms with van der Waals surface area (Å²) in [6, 6.07) is 29.2. The molecule has 0 atom stereocenters. The first-order valence-electron chi connectivity index (χ1n) is 10.7. The number of para-hydroxylation sites is 1. The lowest BCUT2D eigenvalue weighted by atomic mass is 10.0. The van der Waals surface area contributed by atoms with E-state index in [1.165, 1.54) is 10.4 Å². The van der Waals surface area contributed by atoms with Crippen molar-refractivity contribution in [3.05, 3.63) is 113 Å². The van der Waals surface area contributed by atoms with Crippen molar-refractivity contribution in [2.24, 2.45) is 5.10 Å². The summed E-state index contributed by atoms with van der Waals surface area (Å²) in [5, 5.41) is 8.77. The van der Waals surface area contributed by atoms with Gasteiger partial charge in [-0.25, -0.2) is 0 Å². The molecule has 162 valence electrons. The van der Waals surface area contributed by atoms with Crippen molar-refractivity contribution in [1.29, 1.82) is 0 Å². The lowest BCUT2D eigenvalue weighted by Crippen LogP contribution is -2.21. The summed E-state index contributed by atoms with van der Waals surface area (Å²) in [6.07, 6.45) is 1.80. The van der Waals surface area contributed by atoms with Crippen molar-refractivity contribution in [2.75, 3.05) is 5.01 Å². The lowest BCUT2D eigenvalue weighted by Gasteiger charge is -2.13. The SMILES string of the molecule is CC1=NN(c2ccccc2)C(=O)/C1=C/c1cc(Cl)ccc1OCc1cccc2ccccc12. The van der Waals surface area contributed by atoms with E-state index in [2.05, 4.69) is 29.4 Å². The quantitative estimate of drug-likeness (QED) is 0.310. The molecule has 4 aromatic rings. The fourth-order valence-electron chi connectivity index (χ4n) is 3.92. The van der Waals surface area contributed by atoms with Gasteiger partial charge in [0.2, 0.25) is 0 Å². The molecule has 5 heteroatoms. The van der Waals surface area contributed by atoms with Gasteiger partial charge in [-0.15, -0.1) is 0 Å². The van der Waals surface area contributed by atoms with E-state index < -0.39 is 0 Å². The summed E-state index contributed by atoms with van der Waals surface area (Å²) in [6.45, 7) is 2.23.